The highest BCUT2D eigenvalue weighted by Crippen LogP contribution is 2.63. The number of phosphoric acid groups is 2. The molecule has 32 heavy (non-hydrogen) atoms. The van der Waals surface area contributed by atoms with Gasteiger partial charge in [0.05, 0.1) is 17.1 Å². The molecule has 3 heterocycles. The molecular formula is C13H16N4O12P3+. The maximum atomic E-state index is 11.7. The van der Waals surface area contributed by atoms with Crippen LogP contribution < -0.4 is 5.73 Å². The van der Waals surface area contributed by atoms with Crippen LogP contribution in [-0.4, -0.2) is 53.5 Å². The summed E-state index contributed by atoms with van der Waals surface area (Å²) in [6.07, 6.45) is 5.35. The van der Waals surface area contributed by atoms with Crippen molar-refractivity contribution in [2.45, 2.75) is 24.9 Å². The predicted molar refractivity (Wildman–Crippen MR) is 104 cm³/mol. The topological polar surface area (TPSA) is 235 Å². The number of fused-ring (bicyclic) bond motifs is 1. The third kappa shape index (κ3) is 5.56. The maximum Gasteiger partial charge on any atom is 0.708 e. The molecule has 0 bridgehead atoms. The lowest BCUT2D eigenvalue weighted by atomic mass is 10.2. The molecule has 2 aromatic rings. The molecular weight excluding hydrogens is 497 g/mol. The highest BCUT2D eigenvalue weighted by Gasteiger charge is 2.46. The molecule has 0 aliphatic carbocycles. The van der Waals surface area contributed by atoms with Crippen LogP contribution in [0.3, 0.4) is 0 Å². The Morgan fingerprint density at radius 3 is 2.75 bits per heavy atom. The van der Waals surface area contributed by atoms with Crippen molar-refractivity contribution < 1.29 is 56.4 Å². The van der Waals surface area contributed by atoms with E-state index < -0.39 is 48.9 Å². The lowest BCUT2D eigenvalue weighted by Gasteiger charge is -2.14. The van der Waals surface area contributed by atoms with Gasteiger partial charge in [-0.15, -0.1) is 15.6 Å². The molecule has 0 saturated carbocycles. The van der Waals surface area contributed by atoms with Gasteiger partial charge in [0.2, 0.25) is 0 Å². The monoisotopic (exact) mass is 513 g/mol. The number of hydrogen-bond donors (Lipinski definition) is 5. The van der Waals surface area contributed by atoms with E-state index in [2.05, 4.69) is 29.2 Å². The van der Waals surface area contributed by atoms with Crippen molar-refractivity contribution >= 4 is 40.8 Å². The highest BCUT2D eigenvalue weighted by molar-refractivity contribution is 7.64. The number of terminal acetylenes is 1. The molecule has 174 valence electrons. The van der Waals surface area contributed by atoms with Crippen molar-refractivity contribution in [1.29, 1.82) is 0 Å². The first-order chi connectivity index (χ1) is 15.0. The molecule has 3 unspecified atom stereocenters. The Balaban J connectivity index is 1.64. The predicted octanol–water partition coefficient (Wildman–Crippen LogP) is 1.04. The van der Waals surface area contributed by atoms with Crippen LogP contribution in [0.5, 0.6) is 0 Å². The first-order valence-corrected chi connectivity index (χ1v) is 12.5. The summed E-state index contributed by atoms with van der Waals surface area (Å²) in [6, 6.07) is 0. The van der Waals surface area contributed by atoms with Gasteiger partial charge in [-0.2, -0.15) is 4.31 Å². The molecule has 0 aromatic carbocycles. The van der Waals surface area contributed by atoms with Crippen LogP contribution in [-0.2, 0) is 36.3 Å². The number of nitrogen functional groups attached to an aromatic ring is 1. The number of anilines is 1. The van der Waals surface area contributed by atoms with Crippen LogP contribution in [0.1, 0.15) is 18.2 Å². The zero-order valence-electron chi connectivity index (χ0n) is 15.7. The summed E-state index contributed by atoms with van der Waals surface area (Å²) in [5.74, 6) is 2.61. The van der Waals surface area contributed by atoms with Gasteiger partial charge in [0.25, 0.3) is 0 Å². The molecule has 2 aromatic heterocycles. The molecule has 19 heteroatoms. The van der Waals surface area contributed by atoms with Crippen molar-refractivity contribution in [2.24, 2.45) is 0 Å². The lowest BCUT2D eigenvalue weighted by Crippen LogP contribution is -2.25. The van der Waals surface area contributed by atoms with Crippen molar-refractivity contribution in [3.63, 3.8) is 0 Å². The van der Waals surface area contributed by atoms with Crippen molar-refractivity contribution in [3.05, 3.63) is 18.1 Å². The molecule has 1 aliphatic heterocycles. The molecule has 0 amide bonds. The van der Waals surface area contributed by atoms with Gasteiger partial charge in [-0.1, -0.05) is 5.92 Å². The quantitative estimate of drug-likeness (QED) is 0.136. The summed E-state index contributed by atoms with van der Waals surface area (Å²) in [5, 5.41) is 18.8. The number of aliphatic hydroxyl groups is 1. The SMILES string of the molecule is C#Cc1cn([C@H]2C[C@H](O)[C@@H](CO[P+](=O)OP(=O)(O)OP(=O)(O)OO)O2)c2ncnc(N)c12. The molecule has 1 saturated heterocycles. The van der Waals surface area contributed by atoms with Crippen LogP contribution in [0.4, 0.5) is 5.82 Å². The van der Waals surface area contributed by atoms with Crippen LogP contribution in [0.15, 0.2) is 12.5 Å². The van der Waals surface area contributed by atoms with E-state index in [0.717, 1.165) is 0 Å². The summed E-state index contributed by atoms with van der Waals surface area (Å²) < 4.78 is 56.7. The fourth-order valence-electron chi connectivity index (χ4n) is 2.88. The second-order valence-corrected chi connectivity index (χ2v) is 10.2. The van der Waals surface area contributed by atoms with Crippen LogP contribution in [0.2, 0.25) is 0 Å². The molecule has 3 rings (SSSR count). The standard InChI is InChI=1S/C13H15N4O12P3/c1-2-7-4-17(13-11(7)12(14)15-6-16-13)10-3-8(18)9(26-10)5-25-30(20)28-32(23,24)29-31(21,22)27-19/h1,4,6,8-10,18H,3,5H2,(H4-,14,15,16,19,21,22,23,24)/p+1/t8-,9+,10+/m0/s1. The van der Waals surface area contributed by atoms with Crippen LogP contribution in [0, 0.1) is 12.3 Å². The van der Waals surface area contributed by atoms with E-state index in [4.69, 9.17) is 31.6 Å². The van der Waals surface area contributed by atoms with Gasteiger partial charge in [-0.3, -0.25) is 4.89 Å². The molecule has 6 N–H and O–H groups in total. The highest BCUT2D eigenvalue weighted by atomic mass is 31.3. The molecule has 0 radical (unpaired) electrons. The Bertz CT molecular complexity index is 1160. The third-order valence-corrected chi connectivity index (χ3v) is 7.71. The Kier molecular flexibility index (Phi) is 7.43. The molecule has 16 nitrogen and oxygen atoms in total. The molecule has 6 atom stereocenters. The summed E-state index contributed by atoms with van der Waals surface area (Å²) in [5.41, 5.74) is 6.61. The van der Waals surface area contributed by atoms with Crippen molar-refractivity contribution in [1.82, 2.24) is 14.5 Å². The first-order valence-electron chi connectivity index (χ1n) is 8.37. The molecule has 1 fully saturated rings. The van der Waals surface area contributed by atoms with E-state index >= 15 is 0 Å². The fraction of sp³-hybridized carbons (Fsp3) is 0.385. The number of hydrogen-bond acceptors (Lipinski definition) is 13. The van der Waals surface area contributed by atoms with Gasteiger partial charge >= 0.3 is 23.9 Å². The van der Waals surface area contributed by atoms with E-state index in [1.54, 1.807) is 0 Å². The number of rotatable bonds is 9. The minimum absolute atomic E-state index is 0.0481. The summed E-state index contributed by atoms with van der Waals surface area (Å²) >= 11 is 0. The maximum absolute atomic E-state index is 11.7. The fourth-order valence-corrected chi connectivity index (χ4v) is 5.56. The summed E-state index contributed by atoms with van der Waals surface area (Å²) in [4.78, 5) is 26.0. The van der Waals surface area contributed by atoms with E-state index in [0.29, 0.717) is 16.6 Å². The zero-order valence-corrected chi connectivity index (χ0v) is 18.4. The minimum Gasteiger partial charge on any atom is -0.390 e. The number of aromatic nitrogens is 3. The second-order valence-electron chi connectivity index (χ2n) is 6.19. The van der Waals surface area contributed by atoms with Gasteiger partial charge in [0.15, 0.2) is 0 Å². The molecule has 1 aliphatic rings. The Labute approximate surface area is 180 Å². The smallest absolute Gasteiger partial charge is 0.390 e. The Hall–Kier alpha value is -1.82. The largest absolute Gasteiger partial charge is 0.708 e. The van der Waals surface area contributed by atoms with Gasteiger partial charge in [0, 0.05) is 17.2 Å². The molecule has 0 spiro atoms. The number of nitrogens with zero attached hydrogens (tertiary/aromatic N) is 3. The minimum atomic E-state index is -5.42. The Morgan fingerprint density at radius 2 is 2.09 bits per heavy atom. The lowest BCUT2D eigenvalue weighted by molar-refractivity contribution is -0.157. The average molecular weight is 513 g/mol. The van der Waals surface area contributed by atoms with E-state index in [9.17, 15) is 23.7 Å². The van der Waals surface area contributed by atoms with E-state index in [1.807, 2.05) is 0 Å². The van der Waals surface area contributed by atoms with E-state index in [1.165, 1.54) is 17.1 Å². The van der Waals surface area contributed by atoms with E-state index in [-0.39, 0.29) is 12.2 Å². The average Bonchev–Trinajstić information content (AvgIpc) is 3.26. The Morgan fingerprint density at radius 1 is 1.38 bits per heavy atom. The summed E-state index contributed by atoms with van der Waals surface area (Å²) in [7, 11) is -14.1. The first kappa shape index (κ1) is 24.8. The number of nitrogens with two attached hydrogens (primary N) is 1. The number of aliphatic hydroxyl groups excluding tert-OH is 1. The number of ether oxygens (including phenoxy) is 1. The van der Waals surface area contributed by atoms with Crippen LogP contribution >= 0.6 is 23.9 Å². The van der Waals surface area contributed by atoms with Crippen molar-refractivity contribution in [2.75, 3.05) is 12.3 Å². The van der Waals surface area contributed by atoms with Gasteiger partial charge in [-0.05, 0) is 4.31 Å². The third-order valence-electron chi connectivity index (χ3n) is 4.13. The normalized spacial score (nSPS) is 25.2. The summed E-state index contributed by atoms with van der Waals surface area (Å²) in [6.45, 7) is -0.571. The second kappa shape index (κ2) is 9.58. The van der Waals surface area contributed by atoms with Crippen LogP contribution in [0.25, 0.3) is 11.0 Å². The van der Waals surface area contributed by atoms with Crippen molar-refractivity contribution in [3.8, 4) is 12.3 Å². The van der Waals surface area contributed by atoms with Gasteiger partial charge in [-0.25, -0.2) is 24.4 Å². The van der Waals surface area contributed by atoms with Gasteiger partial charge in [0.1, 0.15) is 36.7 Å². The zero-order chi connectivity index (χ0) is 23.7. The van der Waals surface area contributed by atoms with Gasteiger partial charge < -0.3 is 25.0 Å².